The first-order chi connectivity index (χ1) is 18.5. The van der Waals surface area contributed by atoms with Crippen LogP contribution in [-0.2, 0) is 11.3 Å². The van der Waals surface area contributed by atoms with Crippen LogP contribution in [0.4, 0.5) is 0 Å². The van der Waals surface area contributed by atoms with Gasteiger partial charge in [-0.1, -0.05) is 44.5 Å². The first-order valence-corrected chi connectivity index (χ1v) is 13.6. The predicted octanol–water partition coefficient (Wildman–Crippen LogP) is 7.01. The van der Waals surface area contributed by atoms with Crippen LogP contribution >= 0.6 is 11.6 Å². The summed E-state index contributed by atoms with van der Waals surface area (Å²) < 4.78 is 0. The van der Waals surface area contributed by atoms with Crippen molar-refractivity contribution in [3.05, 3.63) is 70.2 Å². The van der Waals surface area contributed by atoms with Crippen molar-refractivity contribution < 1.29 is 14.4 Å². The third-order valence-electron chi connectivity index (χ3n) is 7.49. The molecule has 208 valence electrons. The maximum atomic E-state index is 13.5. The van der Waals surface area contributed by atoms with Crippen molar-refractivity contribution in [2.24, 2.45) is 21.6 Å². The smallest absolute Gasteiger partial charge is 0.254 e. The molecule has 3 N–H and O–H groups in total. The van der Waals surface area contributed by atoms with Gasteiger partial charge >= 0.3 is 0 Å². The summed E-state index contributed by atoms with van der Waals surface area (Å²) in [5, 5.41) is 9.05. The van der Waals surface area contributed by atoms with Gasteiger partial charge in [-0.25, -0.2) is 11.1 Å². The minimum atomic E-state index is -1.25. The van der Waals surface area contributed by atoms with Gasteiger partial charge in [0.2, 0.25) is 5.91 Å². The van der Waals surface area contributed by atoms with Gasteiger partial charge in [0.25, 0.3) is 12.2 Å². The number of halogens is 1. The molecule has 1 aliphatic carbocycles. The Bertz CT molecular complexity index is 1160. The lowest BCUT2D eigenvalue weighted by molar-refractivity contribution is -0.135. The van der Waals surface area contributed by atoms with Crippen LogP contribution in [0.2, 0.25) is 5.02 Å². The van der Waals surface area contributed by atoms with Crippen LogP contribution in [0.5, 0.6) is 0 Å². The number of amides is 2. The van der Waals surface area contributed by atoms with Gasteiger partial charge in [-0.05, 0) is 79.0 Å². The highest BCUT2D eigenvalue weighted by Gasteiger charge is 2.33. The number of nitrogens with one attached hydrogen (secondary N) is 3. The van der Waals surface area contributed by atoms with Gasteiger partial charge in [0.15, 0.2) is 5.78 Å². The molecular weight excluding hydrogens is 516 g/mol. The molecule has 0 saturated heterocycles. The summed E-state index contributed by atoms with van der Waals surface area (Å²) in [5.74, 6) is -0.0448. The highest BCUT2D eigenvalue weighted by atomic mass is 35.5. The van der Waals surface area contributed by atoms with Gasteiger partial charge in [-0.15, -0.1) is 10.2 Å². The molecule has 0 radical (unpaired) electrons. The fourth-order valence-corrected chi connectivity index (χ4v) is 5.20. The Hall–Kier alpha value is -3.46. The Morgan fingerprint density at radius 1 is 0.923 bits per heavy atom. The molecule has 2 amide bonds. The fraction of sp³-hybridized carbons (Fsp3) is 0.483. The van der Waals surface area contributed by atoms with Gasteiger partial charge < -0.3 is 10.2 Å². The van der Waals surface area contributed by atoms with E-state index in [-0.39, 0.29) is 36.0 Å². The van der Waals surface area contributed by atoms with Crippen LogP contribution in [0.15, 0.2) is 58.8 Å². The third-order valence-corrected chi connectivity index (χ3v) is 7.74. The summed E-state index contributed by atoms with van der Waals surface area (Å²) in [4.78, 5) is 40.5. The van der Waals surface area contributed by atoms with E-state index in [0.717, 1.165) is 31.2 Å². The zero-order valence-electron chi connectivity index (χ0n) is 22.7. The molecule has 0 atom stereocenters. The number of ketones is 1. The zero-order valence-corrected chi connectivity index (χ0v) is 23.5. The zero-order chi connectivity index (χ0) is 28.6. The molecule has 9 nitrogen and oxygen atoms in total. The molecule has 1 saturated carbocycles. The van der Waals surface area contributed by atoms with E-state index in [1.54, 1.807) is 48.5 Å². The Kier molecular flexibility index (Phi) is 10.5. The van der Waals surface area contributed by atoms with Crippen molar-refractivity contribution in [3.8, 4) is 0 Å². The van der Waals surface area contributed by atoms with Gasteiger partial charge in [0.1, 0.15) is 0 Å². The van der Waals surface area contributed by atoms with E-state index in [1.165, 1.54) is 0 Å². The highest BCUT2D eigenvalue weighted by Crippen LogP contribution is 2.39. The van der Waals surface area contributed by atoms with Crippen LogP contribution in [0.3, 0.4) is 0 Å². The second-order valence-electron chi connectivity index (χ2n) is 11.1. The summed E-state index contributed by atoms with van der Waals surface area (Å²) in [5.41, 5.74) is 15.9. The number of benzene rings is 2. The molecule has 2 aromatic carbocycles. The molecule has 0 unspecified atom stereocenters. The quantitative estimate of drug-likeness (QED) is 0.204. The van der Waals surface area contributed by atoms with Crippen LogP contribution in [0.25, 0.3) is 0 Å². The van der Waals surface area contributed by atoms with E-state index in [2.05, 4.69) is 36.3 Å². The number of nitrogens with zero attached hydrogens (tertiary/aromatic N) is 3. The largest absolute Gasteiger partial charge is 0.335 e. The Balaban J connectivity index is 1.71. The second kappa shape index (κ2) is 13.6. The van der Waals surface area contributed by atoms with E-state index >= 15 is 0 Å². The molecule has 39 heavy (non-hydrogen) atoms. The van der Waals surface area contributed by atoms with Crippen LogP contribution in [-0.4, -0.2) is 34.8 Å². The maximum Gasteiger partial charge on any atom is 0.254 e. The topological polar surface area (TPSA) is 139 Å². The van der Waals surface area contributed by atoms with Crippen molar-refractivity contribution in [2.45, 2.75) is 78.2 Å². The lowest BCUT2D eigenvalue weighted by atomic mass is 9.71. The summed E-state index contributed by atoms with van der Waals surface area (Å²) >= 11 is 5.93. The van der Waals surface area contributed by atoms with Crippen molar-refractivity contribution in [2.75, 3.05) is 0 Å². The van der Waals surface area contributed by atoms with Crippen molar-refractivity contribution in [1.82, 2.24) is 10.2 Å². The fourth-order valence-electron chi connectivity index (χ4n) is 5.07. The van der Waals surface area contributed by atoms with Crippen molar-refractivity contribution in [1.29, 1.82) is 11.1 Å². The minimum absolute atomic E-state index is 0.0599. The predicted molar refractivity (Wildman–Crippen MR) is 149 cm³/mol. The molecule has 10 heteroatoms. The molecule has 0 bridgehead atoms. The molecule has 3 rings (SSSR count). The molecule has 1 fully saturated rings. The van der Waals surface area contributed by atoms with Gasteiger partial charge in [0.05, 0.1) is 0 Å². The van der Waals surface area contributed by atoms with Crippen molar-refractivity contribution >= 4 is 29.2 Å². The third kappa shape index (κ3) is 8.51. The molecule has 0 aliphatic heterocycles. The molecule has 0 spiro atoms. The van der Waals surface area contributed by atoms with E-state index in [1.807, 2.05) is 4.90 Å². The Morgan fingerprint density at radius 3 is 2.03 bits per heavy atom. The van der Waals surface area contributed by atoms with Crippen LogP contribution in [0.1, 0.15) is 85.6 Å². The number of carbonyl (C=O) groups is 3. The second-order valence-corrected chi connectivity index (χ2v) is 11.6. The number of hydrogen-bond acceptors (Lipinski definition) is 7. The average molecular weight is 553 g/mol. The highest BCUT2D eigenvalue weighted by molar-refractivity contribution is 6.30. The van der Waals surface area contributed by atoms with E-state index in [4.69, 9.17) is 22.7 Å². The molecule has 0 heterocycles. The average Bonchev–Trinajstić information content (AvgIpc) is 2.93. The maximum absolute atomic E-state index is 13.5. The summed E-state index contributed by atoms with van der Waals surface area (Å²) in [6, 6.07) is 13.6. The standard InChI is InChI=1S/C29H37ClN6O3/c1-29(2,3)22-10-14-24(15-11-22)36(26(38)17-16-25(37)20-8-12-23(30)13-9-20)18-19-4-6-21(7-5-19)27(39)33-28(34-31)35-32/h4-9,12-13,22,24,28,31-32H,10-11,14-18H2,1-3H3,(H,33,39). The lowest BCUT2D eigenvalue weighted by Gasteiger charge is -2.41. The number of Topliss-reactive ketones (excluding diaryl/α,β-unsaturated/α-hetero) is 1. The molecule has 2 aromatic rings. The van der Waals surface area contributed by atoms with E-state index in [9.17, 15) is 14.4 Å². The Morgan fingerprint density at radius 2 is 1.49 bits per heavy atom. The summed E-state index contributed by atoms with van der Waals surface area (Å²) in [6.07, 6.45) is 2.91. The number of carbonyl (C=O) groups excluding carboxylic acids is 3. The number of rotatable bonds is 11. The van der Waals surface area contributed by atoms with Gasteiger partial charge in [-0.2, -0.15) is 0 Å². The SMILES string of the molecule is CC(C)(C)C1CCC(N(Cc2ccc(C(=O)NC(N=N)N=N)cc2)C(=O)CCC(=O)c2ccc(Cl)cc2)CC1. The van der Waals surface area contributed by atoms with Gasteiger partial charge in [-0.3, -0.25) is 14.4 Å². The molecule has 0 aromatic heterocycles. The van der Waals surface area contributed by atoms with Crippen molar-refractivity contribution in [3.63, 3.8) is 0 Å². The first-order valence-electron chi connectivity index (χ1n) is 13.2. The molecular formula is C29H37ClN6O3. The van der Waals surface area contributed by atoms with E-state index < -0.39 is 12.2 Å². The molecule has 1 aliphatic rings. The minimum Gasteiger partial charge on any atom is -0.335 e. The Labute approximate surface area is 234 Å². The summed E-state index contributed by atoms with van der Waals surface area (Å²) in [7, 11) is 0. The van der Waals surface area contributed by atoms with Crippen LogP contribution < -0.4 is 5.32 Å². The normalized spacial score (nSPS) is 18.1. The van der Waals surface area contributed by atoms with E-state index in [0.29, 0.717) is 28.6 Å². The van der Waals surface area contributed by atoms with Gasteiger partial charge in [0, 0.05) is 41.6 Å². The number of hydrogen-bond donors (Lipinski definition) is 3. The summed E-state index contributed by atoms with van der Waals surface area (Å²) in [6.45, 7) is 7.17. The monoisotopic (exact) mass is 552 g/mol. The first kappa shape index (κ1) is 30.1. The van der Waals surface area contributed by atoms with Crippen LogP contribution in [0, 0.1) is 22.4 Å². The lowest BCUT2D eigenvalue weighted by Crippen LogP contribution is -2.43.